The van der Waals surface area contributed by atoms with Crippen LogP contribution in [-0.2, 0) is 28.0 Å². The van der Waals surface area contributed by atoms with Crippen LogP contribution in [0.2, 0.25) is 0 Å². The van der Waals surface area contributed by atoms with E-state index in [1.54, 1.807) is 7.11 Å². The molecule has 2 aromatic rings. The van der Waals surface area contributed by atoms with E-state index in [4.69, 9.17) is 20.9 Å². The van der Waals surface area contributed by atoms with Gasteiger partial charge in [0.25, 0.3) is 0 Å². The molecule has 0 radical (unpaired) electrons. The van der Waals surface area contributed by atoms with Crippen molar-refractivity contribution in [3.8, 4) is 11.5 Å². The largest absolute Gasteiger partial charge is 0.493 e. The summed E-state index contributed by atoms with van der Waals surface area (Å²) in [4.78, 5) is 25.7. The predicted molar refractivity (Wildman–Crippen MR) is 150 cm³/mol. The summed E-state index contributed by atoms with van der Waals surface area (Å²) in [7, 11) is 4.06. The van der Waals surface area contributed by atoms with Crippen molar-refractivity contribution in [3.05, 3.63) is 53.1 Å². The molecule has 0 aromatic heterocycles. The van der Waals surface area contributed by atoms with Crippen LogP contribution in [-0.4, -0.2) is 61.6 Å². The number of ether oxygens (including phenoxy) is 2. The van der Waals surface area contributed by atoms with Crippen LogP contribution in [0.1, 0.15) is 55.2 Å². The van der Waals surface area contributed by atoms with Crippen molar-refractivity contribution in [2.45, 2.75) is 75.1 Å². The summed E-state index contributed by atoms with van der Waals surface area (Å²) in [5.41, 5.74) is 16.0. The lowest BCUT2D eigenvalue weighted by atomic mass is 9.51. The van der Waals surface area contributed by atoms with Gasteiger partial charge in [-0.05, 0) is 49.6 Å². The molecule has 5 N–H and O–H groups in total. The summed E-state index contributed by atoms with van der Waals surface area (Å²) in [6.07, 6.45) is 5.40. The molecule has 39 heavy (non-hydrogen) atoms. The number of carbonyl (C=O) groups is 2. The number of ketones is 1. The number of piperidine rings is 1. The number of quaternary nitrogens is 1. The highest BCUT2D eigenvalue weighted by molar-refractivity contribution is 5.94. The van der Waals surface area contributed by atoms with Gasteiger partial charge in [-0.25, -0.2) is 0 Å². The van der Waals surface area contributed by atoms with Gasteiger partial charge in [0.2, 0.25) is 5.91 Å². The topological polar surface area (TPSA) is 117 Å². The van der Waals surface area contributed by atoms with Crippen molar-refractivity contribution in [3.63, 3.8) is 0 Å². The fourth-order valence-electron chi connectivity index (χ4n) is 8.12. The molecule has 6 rings (SSSR count). The summed E-state index contributed by atoms with van der Waals surface area (Å²) in [5, 5.41) is 2.96. The van der Waals surface area contributed by atoms with Crippen LogP contribution < -0.4 is 26.3 Å². The highest BCUT2D eigenvalue weighted by atomic mass is 16.5. The molecule has 208 valence electrons. The quantitative estimate of drug-likeness (QED) is 0.337. The number of methoxy groups -OCH3 is 1. The molecular formula is C31H41N4O4+. The summed E-state index contributed by atoms with van der Waals surface area (Å²) >= 11 is 0. The van der Waals surface area contributed by atoms with E-state index in [0.717, 1.165) is 66.9 Å². The summed E-state index contributed by atoms with van der Waals surface area (Å²) in [6.45, 7) is 2.51. The van der Waals surface area contributed by atoms with Crippen LogP contribution in [0, 0.1) is 5.92 Å². The van der Waals surface area contributed by atoms with E-state index < -0.39 is 6.04 Å². The number of benzene rings is 2. The Morgan fingerprint density at radius 2 is 2.03 bits per heavy atom. The fourth-order valence-corrected chi connectivity index (χ4v) is 8.12. The minimum Gasteiger partial charge on any atom is -0.493 e. The molecule has 4 aliphatic rings. The van der Waals surface area contributed by atoms with Crippen LogP contribution in [0.15, 0.2) is 36.4 Å². The maximum atomic E-state index is 13.2. The number of hydrogen-bond acceptors (Lipinski definition) is 6. The predicted octanol–water partition coefficient (Wildman–Crippen LogP) is 3.04. The van der Waals surface area contributed by atoms with Crippen LogP contribution in [0.25, 0.3) is 0 Å². The molecule has 2 unspecified atom stereocenters. The minimum absolute atomic E-state index is 0.155. The normalized spacial score (nSPS) is 30.8. The van der Waals surface area contributed by atoms with Crippen molar-refractivity contribution in [2.75, 3.05) is 32.6 Å². The standard InChI is InChI=1S/C31H40N4O4/c1-35(18-19-6-9-21(10-7-19)34-30(37)23(33)5-3-4-15-32)16-14-31-22-11-12-25(36)29(31)39-28-26(38-2)13-8-20(27(28)31)17-24(22)35/h6-10,13,22-24,29H,3-5,11-12,14-18,32-33H2,1-2H3/p+1/t22-,23-,24+,29?,31-,35?/m0/s1. The second kappa shape index (κ2) is 9.91. The van der Waals surface area contributed by atoms with Gasteiger partial charge in [-0.1, -0.05) is 24.6 Å². The summed E-state index contributed by atoms with van der Waals surface area (Å²) < 4.78 is 13.1. The number of nitrogens with two attached hydrogens (primary N) is 2. The van der Waals surface area contributed by atoms with E-state index in [2.05, 4.69) is 30.6 Å². The smallest absolute Gasteiger partial charge is 0.241 e. The number of unbranched alkanes of at least 4 members (excludes halogenated alkanes) is 1. The first-order valence-corrected chi connectivity index (χ1v) is 14.4. The second-order valence-corrected chi connectivity index (χ2v) is 12.2. The van der Waals surface area contributed by atoms with Gasteiger partial charge in [0, 0.05) is 42.0 Å². The molecule has 1 amide bonds. The van der Waals surface area contributed by atoms with E-state index >= 15 is 0 Å². The highest BCUT2D eigenvalue weighted by Gasteiger charge is 2.69. The first-order valence-electron chi connectivity index (χ1n) is 14.4. The molecule has 2 fully saturated rings. The van der Waals surface area contributed by atoms with Crippen molar-refractivity contribution in [2.24, 2.45) is 17.4 Å². The van der Waals surface area contributed by atoms with Gasteiger partial charge < -0.3 is 30.7 Å². The highest BCUT2D eigenvalue weighted by Crippen LogP contribution is 2.64. The SMILES string of the molecule is COc1ccc2c3c1OC1C(=O)CC[C@H]4[C@@H](C2)[N+](C)(Cc2ccc(NC(=O)[C@@H](N)CCCCN)cc2)CC[C@]314. The third-order valence-electron chi connectivity index (χ3n) is 10.1. The lowest BCUT2D eigenvalue weighted by molar-refractivity contribution is -0.957. The molecule has 2 aliphatic carbocycles. The number of nitrogens with one attached hydrogen (secondary N) is 1. The Bertz CT molecular complexity index is 1280. The molecule has 8 heteroatoms. The fraction of sp³-hybridized carbons (Fsp3) is 0.548. The molecule has 2 aliphatic heterocycles. The zero-order valence-corrected chi connectivity index (χ0v) is 23.1. The Morgan fingerprint density at radius 3 is 2.77 bits per heavy atom. The van der Waals surface area contributed by atoms with Gasteiger partial charge in [-0.15, -0.1) is 0 Å². The number of anilines is 1. The molecule has 8 nitrogen and oxygen atoms in total. The molecule has 2 aromatic carbocycles. The number of rotatable bonds is 9. The average molecular weight is 534 g/mol. The van der Waals surface area contributed by atoms with Crippen molar-refractivity contribution in [1.82, 2.24) is 0 Å². The number of amides is 1. The molecule has 1 saturated heterocycles. The van der Waals surface area contributed by atoms with E-state index in [0.29, 0.717) is 31.3 Å². The van der Waals surface area contributed by atoms with Gasteiger partial charge in [0.1, 0.15) is 6.54 Å². The number of likely N-dealkylation sites (tertiary alicyclic amines) is 1. The molecule has 1 spiro atoms. The number of likely N-dealkylation sites (N-methyl/N-ethyl adjacent to an activating group) is 1. The van der Waals surface area contributed by atoms with Gasteiger partial charge in [-0.3, -0.25) is 9.59 Å². The molecule has 6 atom stereocenters. The molecule has 1 saturated carbocycles. The lowest BCUT2D eigenvalue weighted by Crippen LogP contribution is -2.71. The zero-order valence-electron chi connectivity index (χ0n) is 23.1. The van der Waals surface area contributed by atoms with Gasteiger partial charge in [-0.2, -0.15) is 0 Å². The van der Waals surface area contributed by atoms with Crippen LogP contribution >= 0.6 is 0 Å². The van der Waals surface area contributed by atoms with E-state index in [9.17, 15) is 9.59 Å². The van der Waals surface area contributed by atoms with Crippen molar-refractivity contribution in [1.29, 1.82) is 0 Å². The third kappa shape index (κ3) is 4.15. The van der Waals surface area contributed by atoms with Gasteiger partial charge >= 0.3 is 0 Å². The number of nitrogens with zero attached hydrogens (tertiary/aromatic N) is 1. The zero-order chi connectivity index (χ0) is 27.4. The van der Waals surface area contributed by atoms with E-state index in [1.165, 1.54) is 16.7 Å². The van der Waals surface area contributed by atoms with Crippen LogP contribution in [0.5, 0.6) is 11.5 Å². The number of hydrogen-bond donors (Lipinski definition) is 3. The lowest BCUT2D eigenvalue weighted by Gasteiger charge is -2.60. The Morgan fingerprint density at radius 1 is 1.23 bits per heavy atom. The monoisotopic (exact) mass is 533 g/mol. The summed E-state index contributed by atoms with van der Waals surface area (Å²) in [6, 6.07) is 12.3. The summed E-state index contributed by atoms with van der Waals surface area (Å²) in [5.74, 6) is 2.04. The van der Waals surface area contributed by atoms with Crippen molar-refractivity contribution < 1.29 is 23.5 Å². The minimum atomic E-state index is -0.526. The van der Waals surface area contributed by atoms with Crippen LogP contribution in [0.4, 0.5) is 5.69 Å². The maximum absolute atomic E-state index is 13.2. The first-order chi connectivity index (χ1) is 18.8. The Hall–Kier alpha value is -2.94. The molecule has 2 bridgehead atoms. The average Bonchev–Trinajstić information content (AvgIpc) is 3.29. The van der Waals surface area contributed by atoms with Crippen molar-refractivity contribution >= 4 is 17.4 Å². The first kappa shape index (κ1) is 26.3. The van der Waals surface area contributed by atoms with Gasteiger partial charge in [0.15, 0.2) is 23.4 Å². The molecule has 2 heterocycles. The maximum Gasteiger partial charge on any atom is 0.241 e. The Labute approximate surface area is 230 Å². The van der Waals surface area contributed by atoms with Crippen LogP contribution in [0.3, 0.4) is 0 Å². The van der Waals surface area contributed by atoms with E-state index in [-0.39, 0.29) is 23.2 Å². The number of Topliss-reactive ketones (excluding diaryl/α,β-unsaturated/α-hetero) is 1. The van der Waals surface area contributed by atoms with E-state index in [1.807, 2.05) is 18.2 Å². The molecular weight excluding hydrogens is 492 g/mol. The number of carbonyl (C=O) groups excluding carboxylic acids is 2. The Kier molecular flexibility index (Phi) is 6.68. The third-order valence-corrected chi connectivity index (χ3v) is 10.1. The second-order valence-electron chi connectivity index (χ2n) is 12.2. The van der Waals surface area contributed by atoms with Gasteiger partial charge in [0.05, 0.1) is 38.2 Å². The Balaban J connectivity index is 1.22.